The van der Waals surface area contributed by atoms with Gasteiger partial charge in [-0.3, -0.25) is 19.5 Å². The van der Waals surface area contributed by atoms with E-state index in [0.717, 1.165) is 4.88 Å². The number of benzene rings is 1. The fraction of sp³-hybridized carbons (Fsp3) is 0.118. The lowest BCUT2D eigenvalue weighted by Crippen LogP contribution is -2.20. The number of hydrogen-bond acceptors (Lipinski definition) is 5. The normalized spacial score (nSPS) is 10.4. The molecule has 0 atom stereocenters. The lowest BCUT2D eigenvalue weighted by Gasteiger charge is -2.09. The first-order valence-corrected chi connectivity index (χ1v) is 7.99. The molecule has 6 nitrogen and oxygen atoms in total. The summed E-state index contributed by atoms with van der Waals surface area (Å²) in [6.45, 7) is 1.91. The van der Waals surface area contributed by atoms with E-state index in [4.69, 9.17) is 4.74 Å². The second-order valence-electron chi connectivity index (χ2n) is 5.05. The summed E-state index contributed by atoms with van der Waals surface area (Å²) in [6, 6.07) is 9.89. The first-order chi connectivity index (χ1) is 11.6. The highest BCUT2D eigenvalue weighted by Gasteiger charge is 2.11. The molecule has 0 bridgehead atoms. The Morgan fingerprint density at radius 1 is 1.21 bits per heavy atom. The third kappa shape index (κ3) is 3.36. The number of pyridine rings is 1. The van der Waals surface area contributed by atoms with Crippen LogP contribution in [-0.4, -0.2) is 22.6 Å². The molecule has 0 unspecified atom stereocenters. The molecule has 3 aromatic rings. The summed E-state index contributed by atoms with van der Waals surface area (Å²) < 4.78 is 6.53. The lowest BCUT2D eigenvalue weighted by atomic mass is 10.2. The molecule has 0 radical (unpaired) electrons. The van der Waals surface area contributed by atoms with Crippen molar-refractivity contribution in [1.82, 2.24) is 9.55 Å². The Kier molecular flexibility index (Phi) is 4.43. The molecular formula is C17H15N3O3S. The van der Waals surface area contributed by atoms with Gasteiger partial charge in [0.25, 0.3) is 11.5 Å². The number of methoxy groups -OCH3 is 1. The highest BCUT2D eigenvalue weighted by atomic mass is 32.1. The Morgan fingerprint density at radius 3 is 2.58 bits per heavy atom. The molecule has 0 saturated carbocycles. The summed E-state index contributed by atoms with van der Waals surface area (Å²) in [7, 11) is 1.58. The average molecular weight is 341 g/mol. The maximum Gasteiger partial charge on any atom is 0.258 e. The Labute approximate surface area is 142 Å². The third-order valence-corrected chi connectivity index (χ3v) is 4.19. The van der Waals surface area contributed by atoms with E-state index < -0.39 is 0 Å². The molecule has 1 aromatic carbocycles. The summed E-state index contributed by atoms with van der Waals surface area (Å²) in [5.74, 6) is 0.381. The molecule has 1 amide bonds. The number of thiazole rings is 1. The Morgan fingerprint density at radius 2 is 1.96 bits per heavy atom. The Bertz CT molecular complexity index is 929. The average Bonchev–Trinajstić information content (AvgIpc) is 3.00. The van der Waals surface area contributed by atoms with Crippen molar-refractivity contribution in [2.45, 2.75) is 6.92 Å². The van der Waals surface area contributed by atoms with Crippen molar-refractivity contribution in [2.75, 3.05) is 12.4 Å². The smallest absolute Gasteiger partial charge is 0.258 e. The number of nitrogens with one attached hydrogen (secondary N) is 1. The summed E-state index contributed by atoms with van der Waals surface area (Å²) >= 11 is 1.39. The highest BCUT2D eigenvalue weighted by molar-refractivity contribution is 7.15. The Hall–Kier alpha value is -2.93. The number of aromatic nitrogens is 2. The number of carbonyl (C=O) groups excluding carboxylic acids is 1. The first kappa shape index (κ1) is 15.9. The molecular weight excluding hydrogens is 326 g/mol. The van der Waals surface area contributed by atoms with Gasteiger partial charge in [0.1, 0.15) is 5.75 Å². The molecule has 0 aliphatic rings. The van der Waals surface area contributed by atoms with Gasteiger partial charge in [-0.2, -0.15) is 0 Å². The fourth-order valence-corrected chi connectivity index (χ4v) is 2.81. The predicted octanol–water partition coefficient (Wildman–Crippen LogP) is 2.86. The van der Waals surface area contributed by atoms with Crippen LogP contribution < -0.4 is 15.6 Å². The van der Waals surface area contributed by atoms with E-state index >= 15 is 0 Å². The zero-order valence-corrected chi connectivity index (χ0v) is 14.0. The van der Waals surface area contributed by atoms with Crippen LogP contribution in [0.15, 0.2) is 53.6 Å². The van der Waals surface area contributed by atoms with Crippen molar-refractivity contribution in [1.29, 1.82) is 0 Å². The van der Waals surface area contributed by atoms with Crippen LogP contribution in [0.1, 0.15) is 15.2 Å². The topological polar surface area (TPSA) is 73.2 Å². The van der Waals surface area contributed by atoms with Gasteiger partial charge >= 0.3 is 0 Å². The Balaban J connectivity index is 1.90. The molecule has 0 aliphatic heterocycles. The van der Waals surface area contributed by atoms with Gasteiger partial charge in [-0.05, 0) is 37.3 Å². The second-order valence-corrected chi connectivity index (χ2v) is 6.29. The van der Waals surface area contributed by atoms with Gasteiger partial charge in [0.15, 0.2) is 5.13 Å². The molecule has 0 fully saturated rings. The monoisotopic (exact) mass is 341 g/mol. The number of hydrogen-bond donors (Lipinski definition) is 1. The minimum atomic E-state index is -0.313. The molecule has 2 aromatic heterocycles. The quantitative estimate of drug-likeness (QED) is 0.792. The summed E-state index contributed by atoms with van der Waals surface area (Å²) in [4.78, 5) is 29.5. The highest BCUT2D eigenvalue weighted by Crippen LogP contribution is 2.18. The van der Waals surface area contributed by atoms with E-state index in [2.05, 4.69) is 10.3 Å². The van der Waals surface area contributed by atoms with Gasteiger partial charge < -0.3 is 4.74 Å². The van der Waals surface area contributed by atoms with Crippen LogP contribution >= 0.6 is 11.3 Å². The number of anilines is 1. The minimum absolute atomic E-state index is 0.221. The minimum Gasteiger partial charge on any atom is -0.497 e. The molecule has 3 rings (SSSR count). The van der Waals surface area contributed by atoms with Crippen molar-refractivity contribution in [3.8, 4) is 11.4 Å². The van der Waals surface area contributed by atoms with Gasteiger partial charge in [0.05, 0.1) is 12.7 Å². The molecule has 0 spiro atoms. The number of carbonyl (C=O) groups is 1. The number of amides is 1. The van der Waals surface area contributed by atoms with E-state index in [-0.39, 0.29) is 11.5 Å². The zero-order chi connectivity index (χ0) is 17.1. The van der Waals surface area contributed by atoms with E-state index in [0.29, 0.717) is 22.1 Å². The van der Waals surface area contributed by atoms with Gasteiger partial charge in [-0.15, -0.1) is 11.3 Å². The van der Waals surface area contributed by atoms with Gasteiger partial charge in [-0.25, -0.2) is 4.98 Å². The third-order valence-electron chi connectivity index (χ3n) is 3.37. The van der Waals surface area contributed by atoms with E-state index in [1.165, 1.54) is 34.2 Å². The van der Waals surface area contributed by atoms with E-state index in [9.17, 15) is 9.59 Å². The van der Waals surface area contributed by atoms with E-state index in [1.807, 2.05) is 6.92 Å². The summed E-state index contributed by atoms with van der Waals surface area (Å²) in [6.07, 6.45) is 3.21. The maximum absolute atomic E-state index is 12.3. The standard InChI is InChI=1S/C17H15N3O3S/c1-11-9-18-17(24-11)19-16(22)12-3-8-15(21)20(10-12)13-4-6-14(23-2)7-5-13/h3-10H,1-2H3,(H,18,19,22). The first-order valence-electron chi connectivity index (χ1n) is 7.18. The van der Waals surface area contributed by atoms with Crippen LogP contribution in [0.4, 0.5) is 5.13 Å². The van der Waals surface area contributed by atoms with Crippen LogP contribution in [-0.2, 0) is 0 Å². The van der Waals surface area contributed by atoms with Gasteiger partial charge in [-0.1, -0.05) is 0 Å². The molecule has 7 heteroatoms. The van der Waals surface area contributed by atoms with Crippen molar-refractivity contribution in [2.24, 2.45) is 0 Å². The van der Waals surface area contributed by atoms with Gasteiger partial charge in [0, 0.05) is 29.0 Å². The number of rotatable bonds is 4. The SMILES string of the molecule is COc1ccc(-n2cc(C(=O)Nc3ncc(C)s3)ccc2=O)cc1. The molecule has 24 heavy (non-hydrogen) atoms. The van der Waals surface area contributed by atoms with Crippen molar-refractivity contribution >= 4 is 22.4 Å². The maximum atomic E-state index is 12.3. The van der Waals surface area contributed by atoms with Crippen molar-refractivity contribution < 1.29 is 9.53 Å². The molecule has 0 saturated heterocycles. The molecule has 2 heterocycles. The largest absolute Gasteiger partial charge is 0.497 e. The summed E-state index contributed by atoms with van der Waals surface area (Å²) in [5, 5.41) is 3.26. The van der Waals surface area contributed by atoms with Crippen LogP contribution in [0.25, 0.3) is 5.69 Å². The number of nitrogens with zero attached hydrogens (tertiary/aromatic N) is 2. The van der Waals surface area contributed by atoms with Crippen molar-refractivity contribution in [3.05, 3.63) is 69.6 Å². The van der Waals surface area contributed by atoms with Crippen LogP contribution in [0.2, 0.25) is 0 Å². The van der Waals surface area contributed by atoms with Crippen LogP contribution in [0.3, 0.4) is 0 Å². The lowest BCUT2D eigenvalue weighted by molar-refractivity contribution is 0.102. The molecule has 1 N–H and O–H groups in total. The molecule has 0 aliphatic carbocycles. The fourth-order valence-electron chi connectivity index (χ4n) is 2.15. The molecule has 122 valence electrons. The predicted molar refractivity (Wildman–Crippen MR) is 93.4 cm³/mol. The zero-order valence-electron chi connectivity index (χ0n) is 13.1. The van der Waals surface area contributed by atoms with Crippen molar-refractivity contribution in [3.63, 3.8) is 0 Å². The van der Waals surface area contributed by atoms with Gasteiger partial charge in [0.2, 0.25) is 0 Å². The number of aryl methyl sites for hydroxylation is 1. The summed E-state index contributed by atoms with van der Waals surface area (Å²) in [5.41, 5.74) is 0.806. The van der Waals surface area contributed by atoms with Crippen LogP contribution in [0.5, 0.6) is 5.75 Å². The number of ether oxygens (including phenoxy) is 1. The second kappa shape index (κ2) is 6.67. The van der Waals surface area contributed by atoms with Crippen LogP contribution in [0, 0.1) is 6.92 Å². The van der Waals surface area contributed by atoms with E-state index in [1.54, 1.807) is 37.6 Å².